The van der Waals surface area contributed by atoms with E-state index in [1.807, 2.05) is 19.2 Å². The molecule has 1 atom stereocenters. The van der Waals surface area contributed by atoms with Gasteiger partial charge in [0.15, 0.2) is 11.5 Å². The molecule has 2 aromatic rings. The molecule has 2 aliphatic rings. The van der Waals surface area contributed by atoms with Gasteiger partial charge in [0.1, 0.15) is 0 Å². The van der Waals surface area contributed by atoms with Crippen molar-refractivity contribution in [3.05, 3.63) is 34.1 Å². The fourth-order valence-corrected chi connectivity index (χ4v) is 3.53. The molecule has 2 aliphatic heterocycles. The second-order valence-corrected chi connectivity index (χ2v) is 6.72. The van der Waals surface area contributed by atoms with Crippen LogP contribution in [0.4, 0.5) is 0 Å². The number of hydrogen-bond donors (Lipinski definition) is 1. The van der Waals surface area contributed by atoms with Crippen molar-refractivity contribution in [2.45, 2.75) is 25.9 Å². The number of benzene rings is 1. The van der Waals surface area contributed by atoms with Gasteiger partial charge >= 0.3 is 0 Å². The van der Waals surface area contributed by atoms with Gasteiger partial charge in [-0.15, -0.1) is 0 Å². The number of aromatic nitrogens is 1. The van der Waals surface area contributed by atoms with E-state index in [-0.39, 0.29) is 24.3 Å². The zero-order valence-electron chi connectivity index (χ0n) is 14.4. The Bertz CT molecular complexity index is 892. The first-order valence-electron chi connectivity index (χ1n) is 8.42. The summed E-state index contributed by atoms with van der Waals surface area (Å²) in [6, 6.07) is 5.83. The van der Waals surface area contributed by atoms with Gasteiger partial charge in [0, 0.05) is 56.7 Å². The van der Waals surface area contributed by atoms with Crippen LogP contribution in [-0.2, 0) is 11.3 Å². The van der Waals surface area contributed by atoms with E-state index in [4.69, 9.17) is 9.47 Å². The minimum Gasteiger partial charge on any atom is -0.454 e. The van der Waals surface area contributed by atoms with E-state index >= 15 is 0 Å². The Labute approximate surface area is 145 Å². The summed E-state index contributed by atoms with van der Waals surface area (Å²) in [5.74, 6) is 1.44. The molecule has 1 N–H and O–H groups in total. The highest BCUT2D eigenvalue weighted by atomic mass is 16.7. The lowest BCUT2D eigenvalue weighted by Crippen LogP contribution is -2.37. The van der Waals surface area contributed by atoms with Crippen LogP contribution in [0.3, 0.4) is 0 Å². The van der Waals surface area contributed by atoms with Crippen molar-refractivity contribution >= 4 is 16.8 Å². The van der Waals surface area contributed by atoms with Gasteiger partial charge in [-0.2, -0.15) is 0 Å². The number of nitrogens with one attached hydrogen (secondary N) is 1. The average molecular weight is 343 g/mol. The fraction of sp³-hybridized carbons (Fsp3) is 0.444. The minimum absolute atomic E-state index is 0.0754. The van der Waals surface area contributed by atoms with Crippen LogP contribution < -0.4 is 15.0 Å². The number of fused-ring (bicyclic) bond motifs is 2. The van der Waals surface area contributed by atoms with Crippen molar-refractivity contribution in [1.82, 2.24) is 14.8 Å². The fourth-order valence-electron chi connectivity index (χ4n) is 3.53. The molecular weight excluding hydrogens is 322 g/mol. The van der Waals surface area contributed by atoms with Crippen molar-refractivity contribution in [3.63, 3.8) is 0 Å². The smallest absolute Gasteiger partial charge is 0.252 e. The number of likely N-dealkylation sites (tertiary alicyclic amines) is 1. The number of nitrogens with zero attached hydrogens (tertiary/aromatic N) is 2. The molecule has 0 radical (unpaired) electrons. The number of pyridine rings is 1. The van der Waals surface area contributed by atoms with Crippen LogP contribution in [0.5, 0.6) is 11.5 Å². The van der Waals surface area contributed by atoms with E-state index in [1.54, 1.807) is 17.9 Å². The van der Waals surface area contributed by atoms with Crippen LogP contribution in [0.2, 0.25) is 0 Å². The van der Waals surface area contributed by atoms with E-state index in [2.05, 4.69) is 9.88 Å². The molecule has 3 heterocycles. The first-order valence-corrected chi connectivity index (χ1v) is 8.42. The maximum atomic E-state index is 12.4. The molecule has 0 spiro atoms. The Morgan fingerprint density at radius 3 is 2.84 bits per heavy atom. The highest BCUT2D eigenvalue weighted by Gasteiger charge is 2.27. The predicted octanol–water partition coefficient (Wildman–Crippen LogP) is 1.31. The molecule has 7 nitrogen and oxygen atoms in total. The number of aromatic amines is 1. The quantitative estimate of drug-likeness (QED) is 0.909. The van der Waals surface area contributed by atoms with Gasteiger partial charge in [0.2, 0.25) is 12.7 Å². The van der Waals surface area contributed by atoms with Crippen molar-refractivity contribution in [2.24, 2.45) is 0 Å². The van der Waals surface area contributed by atoms with Crippen molar-refractivity contribution < 1.29 is 14.3 Å². The molecule has 1 fully saturated rings. The second kappa shape index (κ2) is 6.07. The van der Waals surface area contributed by atoms with E-state index < -0.39 is 0 Å². The number of carbonyl (C=O) groups excluding carboxylic acids is 1. The Balaban J connectivity index is 1.56. The molecule has 1 saturated heterocycles. The first kappa shape index (κ1) is 16.0. The lowest BCUT2D eigenvalue weighted by Gasteiger charge is -2.23. The summed E-state index contributed by atoms with van der Waals surface area (Å²) in [5, 5.41) is 0.926. The maximum Gasteiger partial charge on any atom is 0.252 e. The minimum atomic E-state index is -0.0882. The lowest BCUT2D eigenvalue weighted by atomic mass is 10.1. The molecular formula is C18H21N3O4. The largest absolute Gasteiger partial charge is 0.454 e. The van der Waals surface area contributed by atoms with Crippen LogP contribution in [0.15, 0.2) is 23.0 Å². The Morgan fingerprint density at radius 1 is 1.32 bits per heavy atom. The van der Waals surface area contributed by atoms with E-state index in [0.717, 1.165) is 36.0 Å². The SMILES string of the molecule is CC(=O)N(C)[C@@H]1CCN(Cc2cc3cc4c(cc3[nH]c2=O)OCO4)C1. The summed E-state index contributed by atoms with van der Waals surface area (Å²) in [6.45, 7) is 4.03. The van der Waals surface area contributed by atoms with E-state index in [9.17, 15) is 9.59 Å². The Kier molecular flexibility index (Phi) is 3.88. The van der Waals surface area contributed by atoms with Gasteiger partial charge in [-0.25, -0.2) is 0 Å². The third kappa shape index (κ3) is 2.95. The zero-order valence-corrected chi connectivity index (χ0v) is 14.4. The van der Waals surface area contributed by atoms with Crippen LogP contribution in [0, 0.1) is 0 Å². The van der Waals surface area contributed by atoms with Crippen LogP contribution in [0.1, 0.15) is 18.9 Å². The van der Waals surface area contributed by atoms with Crippen molar-refractivity contribution in [3.8, 4) is 11.5 Å². The zero-order chi connectivity index (χ0) is 17.6. The molecule has 25 heavy (non-hydrogen) atoms. The second-order valence-electron chi connectivity index (χ2n) is 6.72. The van der Waals surface area contributed by atoms with Gasteiger partial charge in [-0.1, -0.05) is 0 Å². The number of amides is 1. The van der Waals surface area contributed by atoms with E-state index in [1.165, 1.54) is 0 Å². The number of carbonyl (C=O) groups is 1. The van der Waals surface area contributed by atoms with Crippen LogP contribution >= 0.6 is 0 Å². The average Bonchev–Trinajstić information content (AvgIpc) is 3.21. The van der Waals surface area contributed by atoms with Gasteiger partial charge in [-0.3, -0.25) is 14.5 Å². The number of likely N-dealkylation sites (N-methyl/N-ethyl adjacent to an activating group) is 1. The Hall–Kier alpha value is -2.54. The molecule has 0 bridgehead atoms. The van der Waals surface area contributed by atoms with Gasteiger partial charge in [0.05, 0.1) is 5.52 Å². The van der Waals surface area contributed by atoms with E-state index in [0.29, 0.717) is 18.0 Å². The van der Waals surface area contributed by atoms with Crippen molar-refractivity contribution in [2.75, 3.05) is 26.9 Å². The van der Waals surface area contributed by atoms with Crippen LogP contribution in [-0.4, -0.2) is 53.7 Å². The highest BCUT2D eigenvalue weighted by molar-refractivity contribution is 5.83. The summed E-state index contributed by atoms with van der Waals surface area (Å²) in [6.07, 6.45) is 0.931. The van der Waals surface area contributed by atoms with Gasteiger partial charge in [0.25, 0.3) is 5.56 Å². The Morgan fingerprint density at radius 2 is 2.08 bits per heavy atom. The molecule has 0 saturated carbocycles. The normalized spacial score (nSPS) is 19.5. The molecule has 4 rings (SSSR count). The molecule has 0 aliphatic carbocycles. The monoisotopic (exact) mass is 343 g/mol. The van der Waals surface area contributed by atoms with Crippen LogP contribution in [0.25, 0.3) is 10.9 Å². The lowest BCUT2D eigenvalue weighted by molar-refractivity contribution is -0.129. The maximum absolute atomic E-state index is 12.4. The number of rotatable bonds is 3. The molecule has 1 aromatic carbocycles. The summed E-state index contributed by atoms with van der Waals surface area (Å²) in [5.41, 5.74) is 1.38. The summed E-state index contributed by atoms with van der Waals surface area (Å²) in [4.78, 5) is 30.9. The van der Waals surface area contributed by atoms with Gasteiger partial charge in [-0.05, 0) is 18.6 Å². The first-order chi connectivity index (χ1) is 12.0. The molecule has 132 valence electrons. The summed E-state index contributed by atoms with van der Waals surface area (Å²) < 4.78 is 10.8. The summed E-state index contributed by atoms with van der Waals surface area (Å²) >= 11 is 0. The molecule has 1 amide bonds. The summed E-state index contributed by atoms with van der Waals surface area (Å²) in [7, 11) is 1.84. The highest BCUT2D eigenvalue weighted by Crippen LogP contribution is 2.35. The third-order valence-corrected chi connectivity index (χ3v) is 5.10. The predicted molar refractivity (Wildman–Crippen MR) is 92.8 cm³/mol. The molecule has 1 aromatic heterocycles. The van der Waals surface area contributed by atoms with Gasteiger partial charge < -0.3 is 19.4 Å². The standard InChI is InChI=1S/C18H21N3O4/c1-11(22)20(2)14-3-4-21(9-14)8-13-5-12-6-16-17(25-10-24-16)7-15(12)19-18(13)23/h5-7,14H,3-4,8-10H2,1-2H3,(H,19,23)/t14-/m1/s1. The third-order valence-electron chi connectivity index (χ3n) is 5.10. The topological polar surface area (TPSA) is 74.9 Å². The number of ether oxygens (including phenoxy) is 2. The van der Waals surface area contributed by atoms with Crippen molar-refractivity contribution in [1.29, 1.82) is 0 Å². The number of hydrogen-bond acceptors (Lipinski definition) is 5. The molecule has 0 unspecified atom stereocenters. The molecule has 7 heteroatoms. The number of H-pyrrole nitrogens is 1.